The van der Waals surface area contributed by atoms with Gasteiger partial charge in [0.15, 0.2) is 0 Å². The van der Waals surface area contributed by atoms with Gasteiger partial charge in [-0.3, -0.25) is 0 Å². The van der Waals surface area contributed by atoms with E-state index in [2.05, 4.69) is 82.1 Å². The first-order chi connectivity index (χ1) is 22.8. The lowest BCUT2D eigenvalue weighted by atomic mass is 9.80. The molecule has 0 unspecified atom stereocenters. The van der Waals surface area contributed by atoms with Gasteiger partial charge in [0.05, 0.1) is 41.3 Å². The molecule has 0 aliphatic carbocycles. The van der Waals surface area contributed by atoms with Gasteiger partial charge in [0.2, 0.25) is 0 Å². The van der Waals surface area contributed by atoms with E-state index in [0.717, 1.165) is 52.5 Å². The van der Waals surface area contributed by atoms with Gasteiger partial charge in [-0.2, -0.15) is 0 Å². The number of rotatable bonds is 16. The number of hydrogen-bond acceptors (Lipinski definition) is 8. The zero-order valence-electron chi connectivity index (χ0n) is 31.7. The van der Waals surface area contributed by atoms with Gasteiger partial charge in [0.25, 0.3) is 0 Å². The summed E-state index contributed by atoms with van der Waals surface area (Å²) < 4.78 is 1.73. The quantitative estimate of drug-likeness (QED) is 0.0721. The Morgan fingerprint density at radius 1 is 0.490 bits per heavy atom. The van der Waals surface area contributed by atoms with Crippen molar-refractivity contribution in [3.63, 3.8) is 0 Å². The third-order valence-electron chi connectivity index (χ3n) is 7.95. The van der Waals surface area contributed by atoms with Crippen LogP contribution >= 0.6 is 49.9 Å². The van der Waals surface area contributed by atoms with Crippen LogP contribution in [0.1, 0.15) is 29.5 Å². The molecular weight excluding hydrogens is 845 g/mol. The predicted molar refractivity (Wildman–Crippen MR) is 230 cm³/mol. The summed E-state index contributed by atoms with van der Waals surface area (Å²) in [5, 5.41) is 55.1. The number of halogens is 3. The second-order valence-electron chi connectivity index (χ2n) is 14.4. The first kappa shape index (κ1) is 52.0. The number of alkyl halides is 1. The number of hydrogen-bond donors (Lipinski definition) is 6. The Morgan fingerprint density at radius 2 is 0.765 bits per heavy atom. The Bertz CT molecular complexity index is 1230. The second-order valence-corrected chi connectivity index (χ2v) is 15.0. The van der Waals surface area contributed by atoms with Gasteiger partial charge in [-0.05, 0) is 69.7 Å². The van der Waals surface area contributed by atoms with Gasteiger partial charge >= 0.3 is 21.4 Å². The van der Waals surface area contributed by atoms with Crippen molar-refractivity contribution < 1.29 is 39.1 Å². The largest absolute Gasteiger partial charge is 0.488 e. The van der Waals surface area contributed by atoms with Crippen molar-refractivity contribution in [1.82, 2.24) is 9.80 Å². The fourth-order valence-corrected chi connectivity index (χ4v) is 5.52. The van der Waals surface area contributed by atoms with E-state index < -0.39 is 21.4 Å². The predicted octanol–water partition coefficient (Wildman–Crippen LogP) is 1.21. The van der Waals surface area contributed by atoms with E-state index in [4.69, 9.17) is 10.0 Å². The maximum Gasteiger partial charge on any atom is 0.488 e. The molecule has 0 saturated carbocycles. The number of benzene rings is 3. The van der Waals surface area contributed by atoms with Crippen molar-refractivity contribution in [1.29, 1.82) is 0 Å². The monoisotopic (exact) mass is 904 g/mol. The molecule has 0 spiro atoms. The van der Waals surface area contributed by atoms with Gasteiger partial charge in [-0.25, -0.2) is 0 Å². The summed E-state index contributed by atoms with van der Waals surface area (Å²) in [6.07, 6.45) is 2.35. The third-order valence-corrected chi connectivity index (χ3v) is 8.59. The molecular formula is C35H62B3Br3N4O6+2. The van der Waals surface area contributed by atoms with Crippen LogP contribution in [0.15, 0.2) is 72.8 Å². The van der Waals surface area contributed by atoms with Gasteiger partial charge in [-0.15, -0.1) is 34.0 Å². The zero-order valence-corrected chi connectivity index (χ0v) is 36.7. The molecule has 0 bridgehead atoms. The average molecular weight is 907 g/mol. The molecule has 0 fully saturated rings. The Labute approximate surface area is 338 Å². The van der Waals surface area contributed by atoms with Crippen molar-refractivity contribution in [2.24, 2.45) is 0 Å². The zero-order chi connectivity index (χ0) is 37.2. The van der Waals surface area contributed by atoms with Crippen LogP contribution in [0.2, 0.25) is 0 Å². The lowest BCUT2D eigenvalue weighted by Crippen LogP contribution is -2.44. The highest BCUT2D eigenvalue weighted by molar-refractivity contribution is 9.08. The molecule has 3 rings (SSSR count). The molecule has 0 aliphatic heterocycles. The summed E-state index contributed by atoms with van der Waals surface area (Å²) in [4.78, 5) is 4.42. The highest BCUT2D eigenvalue weighted by atomic mass is 79.9. The molecule has 0 saturated heterocycles. The summed E-state index contributed by atoms with van der Waals surface area (Å²) >= 11 is 3.29. The molecule has 16 heteroatoms. The van der Waals surface area contributed by atoms with Crippen molar-refractivity contribution >= 4 is 87.6 Å². The van der Waals surface area contributed by atoms with Crippen LogP contribution in [0.3, 0.4) is 0 Å². The van der Waals surface area contributed by atoms with Gasteiger partial charge in [0, 0.05) is 22.9 Å². The molecule has 0 atom stereocenters. The van der Waals surface area contributed by atoms with Crippen LogP contribution in [-0.4, -0.2) is 153 Å². The van der Waals surface area contributed by atoms with Crippen molar-refractivity contribution in [2.75, 3.05) is 82.6 Å². The molecule has 6 N–H and O–H groups in total. The molecule has 3 aromatic rings. The Morgan fingerprint density at radius 3 is 1.00 bits per heavy atom. The molecule has 3 aromatic carbocycles. The smallest absolute Gasteiger partial charge is 0.423 e. The Balaban J connectivity index is 0. The Hall–Kier alpha value is -1.11. The first-order valence-corrected chi connectivity index (χ1v) is 17.8. The first-order valence-electron chi connectivity index (χ1n) is 16.7. The average Bonchev–Trinajstić information content (AvgIpc) is 3.01. The highest BCUT2D eigenvalue weighted by Gasteiger charge is 2.22. The van der Waals surface area contributed by atoms with Crippen LogP contribution in [0.25, 0.3) is 0 Å². The summed E-state index contributed by atoms with van der Waals surface area (Å²) in [6, 6.07) is 22.0. The Kier molecular flexibility index (Phi) is 27.2. The maximum absolute atomic E-state index is 9.21. The minimum absolute atomic E-state index is 0. The van der Waals surface area contributed by atoms with E-state index in [-0.39, 0.29) is 34.0 Å². The van der Waals surface area contributed by atoms with Crippen molar-refractivity contribution in [3.05, 3.63) is 89.5 Å². The molecule has 51 heavy (non-hydrogen) atoms. The molecule has 10 nitrogen and oxygen atoms in total. The number of nitrogens with zero attached hydrogens (tertiary/aromatic N) is 4. The SMILES string of the molecule is Br.Br.CN(C)CCCN(C)C.C[N+](C)(CCC[N+](C)(C)Cc1ccc(B(O)O)cc1)Cc1ccc(B(O)O)cc1.OB(O)c1ccc(CBr)cc1. The van der Waals surface area contributed by atoms with E-state index in [1.54, 1.807) is 36.4 Å². The fraction of sp³-hybridized carbons (Fsp3) is 0.486. The van der Waals surface area contributed by atoms with Crippen molar-refractivity contribution in [3.8, 4) is 0 Å². The van der Waals surface area contributed by atoms with Gasteiger partial charge < -0.3 is 48.9 Å². The van der Waals surface area contributed by atoms with E-state index >= 15 is 0 Å². The minimum Gasteiger partial charge on any atom is -0.423 e. The minimum atomic E-state index is -1.42. The summed E-state index contributed by atoms with van der Waals surface area (Å²) in [6.45, 7) is 6.25. The molecule has 0 amide bonds. The molecule has 0 aliphatic rings. The van der Waals surface area contributed by atoms with E-state index in [1.807, 2.05) is 36.4 Å². The van der Waals surface area contributed by atoms with Crippen LogP contribution < -0.4 is 16.4 Å². The molecule has 0 radical (unpaired) electrons. The highest BCUT2D eigenvalue weighted by Crippen LogP contribution is 2.13. The lowest BCUT2D eigenvalue weighted by molar-refractivity contribution is -0.922. The molecule has 0 aromatic heterocycles. The van der Waals surface area contributed by atoms with E-state index in [1.165, 1.54) is 30.6 Å². The van der Waals surface area contributed by atoms with E-state index in [0.29, 0.717) is 16.4 Å². The number of quaternary nitrogens is 2. The molecule has 286 valence electrons. The standard InChI is InChI=1S/C21H34B2N2O4.C7H8BBrO2.C7H18N2.2BrH/c1-24(2,16-18-6-10-20(11-7-18)22(26)27)14-5-15-25(3,4)17-19-8-12-21(13-9-19)23(28)29;9-5-6-1-3-7(4-2-6)8(10)11;1-8(2)6-5-7-9(3)4;;/h6-13,26-29H,5,14-17H2,1-4H3;1-4,10-11H,5H2;5-7H2,1-4H3;2*1H/q+2;;;;. The van der Waals surface area contributed by atoms with Crippen LogP contribution in [0.5, 0.6) is 0 Å². The summed E-state index contributed by atoms with van der Waals surface area (Å²) in [5.41, 5.74) is 5.03. The van der Waals surface area contributed by atoms with E-state index in [9.17, 15) is 20.1 Å². The maximum atomic E-state index is 9.21. The lowest BCUT2D eigenvalue weighted by Gasteiger charge is -2.34. The third kappa shape index (κ3) is 24.0. The molecule has 0 heterocycles. The van der Waals surface area contributed by atoms with Crippen molar-refractivity contribution in [2.45, 2.75) is 31.3 Å². The van der Waals surface area contributed by atoms with Crippen LogP contribution in [0.4, 0.5) is 0 Å². The van der Waals surface area contributed by atoms with Crippen LogP contribution in [-0.2, 0) is 18.4 Å². The van der Waals surface area contributed by atoms with Gasteiger partial charge in [0.1, 0.15) is 13.1 Å². The fourth-order valence-electron chi connectivity index (χ4n) is 5.15. The van der Waals surface area contributed by atoms with Gasteiger partial charge in [-0.1, -0.05) is 88.7 Å². The van der Waals surface area contributed by atoms with Crippen LogP contribution in [0, 0.1) is 0 Å². The summed E-state index contributed by atoms with van der Waals surface area (Å²) in [5.74, 6) is 0. The summed E-state index contributed by atoms with van der Waals surface area (Å²) in [7, 11) is 13.1. The normalized spacial score (nSPS) is 11.0. The second kappa shape index (κ2) is 26.6. The topological polar surface area (TPSA) is 128 Å².